The number of hydrogen-bond acceptors (Lipinski definition) is 4. The molecule has 28 heavy (non-hydrogen) atoms. The highest BCUT2D eigenvalue weighted by molar-refractivity contribution is 5.49. The molecule has 2 aliphatic rings. The summed E-state index contributed by atoms with van der Waals surface area (Å²) >= 11 is 0. The Balaban J connectivity index is 1.72. The standard InChI is InChI=1S/C23H36FNO3/c1-16(2)11-18-15-25-9-7-17-12-23(28-10-6-4-5-8-24)22(27-3)13-19(17)20(25)14-21(18)26/h12-13,16,18,20-21,26H,4-11,14-15H2,1-3H3. The van der Waals surface area contributed by atoms with Crippen molar-refractivity contribution in [3.8, 4) is 11.5 Å². The number of unbranched alkanes of at least 4 members (excludes halogenated alkanes) is 2. The van der Waals surface area contributed by atoms with Crippen molar-refractivity contribution in [1.29, 1.82) is 0 Å². The maximum absolute atomic E-state index is 12.2. The first-order valence-corrected chi connectivity index (χ1v) is 10.8. The molecule has 0 aromatic heterocycles. The van der Waals surface area contributed by atoms with Crippen LogP contribution in [0.1, 0.15) is 63.1 Å². The lowest BCUT2D eigenvalue weighted by atomic mass is 9.79. The normalized spacial score (nSPS) is 24.7. The Hall–Kier alpha value is -1.33. The molecule has 0 saturated carbocycles. The molecule has 1 saturated heterocycles. The van der Waals surface area contributed by atoms with Crippen molar-refractivity contribution in [3.63, 3.8) is 0 Å². The van der Waals surface area contributed by atoms with Crippen molar-refractivity contribution >= 4 is 0 Å². The summed E-state index contributed by atoms with van der Waals surface area (Å²) in [5.74, 6) is 2.51. The Morgan fingerprint density at radius 3 is 2.75 bits per heavy atom. The molecule has 1 aromatic rings. The molecule has 0 bridgehead atoms. The van der Waals surface area contributed by atoms with Gasteiger partial charge in [0, 0.05) is 19.1 Å². The predicted octanol–water partition coefficient (Wildman–Crippen LogP) is 4.54. The molecule has 3 rings (SSSR count). The number of aliphatic hydroxyl groups excluding tert-OH is 1. The number of fused-ring (bicyclic) bond motifs is 3. The Morgan fingerprint density at radius 1 is 1.21 bits per heavy atom. The first-order chi connectivity index (χ1) is 13.5. The number of methoxy groups -OCH3 is 1. The van der Waals surface area contributed by atoms with Gasteiger partial charge in [-0.25, -0.2) is 0 Å². The lowest BCUT2D eigenvalue weighted by molar-refractivity contribution is -0.0191. The van der Waals surface area contributed by atoms with Crippen LogP contribution in [0.25, 0.3) is 0 Å². The van der Waals surface area contributed by atoms with Gasteiger partial charge in [0.15, 0.2) is 11.5 Å². The summed E-state index contributed by atoms with van der Waals surface area (Å²) in [4.78, 5) is 2.54. The molecule has 0 amide bonds. The van der Waals surface area contributed by atoms with Crippen molar-refractivity contribution in [1.82, 2.24) is 4.90 Å². The second-order valence-electron chi connectivity index (χ2n) is 8.75. The summed E-state index contributed by atoms with van der Waals surface area (Å²) in [6.45, 7) is 6.78. The van der Waals surface area contributed by atoms with Gasteiger partial charge in [0.1, 0.15) is 0 Å². The maximum atomic E-state index is 12.2. The van der Waals surface area contributed by atoms with Crippen LogP contribution in [0.3, 0.4) is 0 Å². The van der Waals surface area contributed by atoms with Crippen molar-refractivity contribution in [2.75, 3.05) is 33.5 Å². The second kappa shape index (κ2) is 9.93. The summed E-state index contributed by atoms with van der Waals surface area (Å²) in [5.41, 5.74) is 2.57. The molecule has 3 atom stereocenters. The number of benzene rings is 1. The van der Waals surface area contributed by atoms with E-state index in [1.807, 2.05) is 0 Å². The molecule has 0 spiro atoms. The van der Waals surface area contributed by atoms with Crippen LogP contribution in [0.5, 0.6) is 11.5 Å². The van der Waals surface area contributed by atoms with Gasteiger partial charge in [-0.15, -0.1) is 0 Å². The van der Waals surface area contributed by atoms with E-state index in [0.29, 0.717) is 24.9 Å². The molecule has 158 valence electrons. The second-order valence-corrected chi connectivity index (χ2v) is 8.75. The number of piperidine rings is 1. The molecule has 0 radical (unpaired) electrons. The molecule has 1 aromatic carbocycles. The maximum Gasteiger partial charge on any atom is 0.161 e. The summed E-state index contributed by atoms with van der Waals surface area (Å²) in [6.07, 6.45) is 4.92. The number of ether oxygens (including phenoxy) is 2. The van der Waals surface area contributed by atoms with Crippen LogP contribution in [0.4, 0.5) is 4.39 Å². The average Bonchev–Trinajstić information content (AvgIpc) is 2.67. The SMILES string of the molecule is COc1cc2c(cc1OCCCCCF)CCN1CC(CC(C)C)C(O)CC21. The quantitative estimate of drug-likeness (QED) is 0.626. The van der Waals surface area contributed by atoms with Crippen LogP contribution in [-0.2, 0) is 6.42 Å². The highest BCUT2D eigenvalue weighted by Crippen LogP contribution is 2.43. The van der Waals surface area contributed by atoms with Crippen LogP contribution in [-0.4, -0.2) is 49.6 Å². The smallest absolute Gasteiger partial charge is 0.161 e. The fourth-order valence-electron chi connectivity index (χ4n) is 4.76. The van der Waals surface area contributed by atoms with Crippen LogP contribution >= 0.6 is 0 Å². The zero-order valence-corrected chi connectivity index (χ0v) is 17.6. The van der Waals surface area contributed by atoms with Crippen molar-refractivity contribution < 1.29 is 19.0 Å². The third-order valence-corrected chi connectivity index (χ3v) is 6.18. The number of halogens is 1. The van der Waals surface area contributed by atoms with Gasteiger partial charge in [0.05, 0.1) is 26.5 Å². The van der Waals surface area contributed by atoms with Crippen molar-refractivity contribution in [2.24, 2.45) is 11.8 Å². The molecule has 2 heterocycles. The van der Waals surface area contributed by atoms with Gasteiger partial charge < -0.3 is 14.6 Å². The lowest BCUT2D eigenvalue weighted by Crippen LogP contribution is -2.48. The van der Waals surface area contributed by atoms with E-state index in [4.69, 9.17) is 9.47 Å². The predicted molar refractivity (Wildman–Crippen MR) is 110 cm³/mol. The Kier molecular flexibility index (Phi) is 7.58. The number of aliphatic hydroxyl groups is 1. The van der Waals surface area contributed by atoms with Crippen LogP contribution < -0.4 is 9.47 Å². The molecule has 0 aliphatic carbocycles. The molecular formula is C23H36FNO3. The van der Waals surface area contributed by atoms with Crippen molar-refractivity contribution in [2.45, 2.75) is 64.5 Å². The van der Waals surface area contributed by atoms with Gasteiger partial charge in [0.25, 0.3) is 0 Å². The summed E-state index contributed by atoms with van der Waals surface area (Å²) in [7, 11) is 1.67. The molecule has 1 fully saturated rings. The zero-order valence-electron chi connectivity index (χ0n) is 17.6. The third kappa shape index (κ3) is 4.98. The van der Waals surface area contributed by atoms with Crippen LogP contribution in [0, 0.1) is 11.8 Å². The topological polar surface area (TPSA) is 41.9 Å². The van der Waals surface area contributed by atoms with E-state index in [1.54, 1.807) is 7.11 Å². The van der Waals surface area contributed by atoms with Crippen LogP contribution in [0.15, 0.2) is 12.1 Å². The first-order valence-electron chi connectivity index (χ1n) is 10.8. The minimum Gasteiger partial charge on any atom is -0.493 e. The highest BCUT2D eigenvalue weighted by atomic mass is 19.1. The molecular weight excluding hydrogens is 357 g/mol. The van der Waals surface area contributed by atoms with E-state index < -0.39 is 0 Å². The number of rotatable bonds is 9. The Labute approximate surface area is 169 Å². The van der Waals surface area contributed by atoms with Gasteiger partial charge in [-0.3, -0.25) is 9.29 Å². The van der Waals surface area contributed by atoms with Gasteiger partial charge in [0.2, 0.25) is 0 Å². The molecule has 5 heteroatoms. The van der Waals surface area contributed by atoms with Crippen LogP contribution in [0.2, 0.25) is 0 Å². The fourth-order valence-corrected chi connectivity index (χ4v) is 4.76. The minimum atomic E-state index is -0.260. The third-order valence-electron chi connectivity index (χ3n) is 6.18. The Morgan fingerprint density at radius 2 is 2.04 bits per heavy atom. The molecule has 2 aliphatic heterocycles. The summed E-state index contributed by atoms with van der Waals surface area (Å²) < 4.78 is 23.8. The molecule has 3 unspecified atom stereocenters. The number of hydrogen-bond donors (Lipinski definition) is 1. The first kappa shape index (κ1) is 21.4. The van der Waals surface area contributed by atoms with Gasteiger partial charge in [-0.2, -0.15) is 0 Å². The van der Waals surface area contributed by atoms with E-state index in [0.717, 1.165) is 56.7 Å². The van der Waals surface area contributed by atoms with Crippen molar-refractivity contribution in [3.05, 3.63) is 23.3 Å². The van der Waals surface area contributed by atoms with E-state index in [-0.39, 0.29) is 18.8 Å². The average molecular weight is 394 g/mol. The van der Waals surface area contributed by atoms with Gasteiger partial charge >= 0.3 is 0 Å². The summed E-state index contributed by atoms with van der Waals surface area (Å²) in [6, 6.07) is 4.49. The minimum absolute atomic E-state index is 0.243. The van der Waals surface area contributed by atoms with E-state index in [1.165, 1.54) is 11.1 Å². The highest BCUT2D eigenvalue weighted by Gasteiger charge is 2.38. The zero-order chi connectivity index (χ0) is 20.1. The number of nitrogens with zero attached hydrogens (tertiary/aromatic N) is 1. The monoisotopic (exact) mass is 393 g/mol. The molecule has 1 N–H and O–H groups in total. The molecule has 4 nitrogen and oxygen atoms in total. The van der Waals surface area contributed by atoms with Gasteiger partial charge in [-0.05, 0) is 73.6 Å². The van der Waals surface area contributed by atoms with E-state index in [9.17, 15) is 9.50 Å². The van der Waals surface area contributed by atoms with E-state index in [2.05, 4.69) is 30.9 Å². The fraction of sp³-hybridized carbons (Fsp3) is 0.739. The number of alkyl halides is 1. The largest absolute Gasteiger partial charge is 0.493 e. The summed E-state index contributed by atoms with van der Waals surface area (Å²) in [5, 5.41) is 10.7. The lowest BCUT2D eigenvalue weighted by Gasteiger charge is -2.46. The Bertz CT molecular complexity index is 637. The van der Waals surface area contributed by atoms with Gasteiger partial charge in [-0.1, -0.05) is 13.8 Å². The van der Waals surface area contributed by atoms with E-state index >= 15 is 0 Å².